The van der Waals surface area contributed by atoms with Gasteiger partial charge in [0, 0.05) is 17.6 Å². The van der Waals surface area contributed by atoms with Crippen LogP contribution in [0.1, 0.15) is 18.6 Å². The number of hydrogen-bond donors (Lipinski definition) is 1. The monoisotopic (exact) mass is 412 g/mol. The number of furan rings is 1. The van der Waals surface area contributed by atoms with Crippen molar-refractivity contribution < 1.29 is 13.9 Å². The van der Waals surface area contributed by atoms with E-state index in [0.29, 0.717) is 23.8 Å². The second-order valence-electron chi connectivity index (χ2n) is 5.65. The zero-order valence-electron chi connectivity index (χ0n) is 13.0. The minimum Gasteiger partial charge on any atom is -0.467 e. The van der Waals surface area contributed by atoms with Crippen molar-refractivity contribution in [3.05, 3.63) is 51.9 Å². The van der Waals surface area contributed by atoms with Crippen LogP contribution in [0.25, 0.3) is 0 Å². The Morgan fingerprint density at radius 3 is 2.96 bits per heavy atom. The standard InChI is InChI=1S/C17H18BrClN2O3/c18-12-5-6-16(15(19)9-12)20-17(22)21(10-13-3-1-7-23-13)11-14-4-2-8-24-14/h1,3,5-7,9,14H,2,4,8,10-11H2,(H,20,22). The Morgan fingerprint density at radius 1 is 1.42 bits per heavy atom. The van der Waals surface area contributed by atoms with Gasteiger partial charge in [0.2, 0.25) is 0 Å². The molecule has 128 valence electrons. The lowest BCUT2D eigenvalue weighted by molar-refractivity contribution is 0.0803. The van der Waals surface area contributed by atoms with Crippen LogP contribution in [-0.2, 0) is 11.3 Å². The molecule has 2 heterocycles. The summed E-state index contributed by atoms with van der Waals surface area (Å²) in [4.78, 5) is 14.4. The minimum atomic E-state index is -0.230. The van der Waals surface area contributed by atoms with Crippen LogP contribution < -0.4 is 5.32 Å². The number of nitrogens with zero attached hydrogens (tertiary/aromatic N) is 1. The predicted octanol–water partition coefficient (Wildman–Crippen LogP) is 4.91. The summed E-state index contributed by atoms with van der Waals surface area (Å²) in [6.07, 6.45) is 3.65. The highest BCUT2D eigenvalue weighted by atomic mass is 79.9. The molecular weight excluding hydrogens is 396 g/mol. The van der Waals surface area contributed by atoms with E-state index < -0.39 is 0 Å². The molecular formula is C17H18BrClN2O3. The molecule has 1 saturated heterocycles. The Kier molecular flexibility index (Phi) is 5.81. The third kappa shape index (κ3) is 4.53. The molecule has 0 aliphatic carbocycles. The molecule has 0 radical (unpaired) electrons. The summed E-state index contributed by atoms with van der Waals surface area (Å²) < 4.78 is 11.9. The van der Waals surface area contributed by atoms with Gasteiger partial charge in [-0.2, -0.15) is 0 Å². The lowest BCUT2D eigenvalue weighted by atomic mass is 10.2. The summed E-state index contributed by atoms with van der Waals surface area (Å²) in [6, 6.07) is 8.77. The SMILES string of the molecule is O=C(Nc1ccc(Br)cc1Cl)N(Cc1ccco1)CC1CCCO1. The van der Waals surface area contributed by atoms with Crippen molar-refractivity contribution in [2.45, 2.75) is 25.5 Å². The average Bonchev–Trinajstić information content (AvgIpc) is 3.23. The van der Waals surface area contributed by atoms with Crippen molar-refractivity contribution in [3.8, 4) is 0 Å². The van der Waals surface area contributed by atoms with Gasteiger partial charge in [0.15, 0.2) is 0 Å². The Bertz CT molecular complexity index is 687. The Balaban J connectivity index is 1.71. The van der Waals surface area contributed by atoms with E-state index in [1.54, 1.807) is 23.3 Å². The number of halogens is 2. The normalized spacial score (nSPS) is 17.0. The number of carbonyl (C=O) groups is 1. The smallest absolute Gasteiger partial charge is 0.322 e. The fourth-order valence-corrected chi connectivity index (χ4v) is 3.35. The van der Waals surface area contributed by atoms with Gasteiger partial charge in [-0.25, -0.2) is 4.79 Å². The van der Waals surface area contributed by atoms with Gasteiger partial charge >= 0.3 is 6.03 Å². The highest BCUT2D eigenvalue weighted by Gasteiger charge is 2.24. The molecule has 1 aliphatic rings. The van der Waals surface area contributed by atoms with Crippen LogP contribution in [0, 0.1) is 0 Å². The topological polar surface area (TPSA) is 54.7 Å². The first kappa shape index (κ1) is 17.3. The van der Waals surface area contributed by atoms with Crippen molar-refractivity contribution in [2.24, 2.45) is 0 Å². The van der Waals surface area contributed by atoms with Crippen LogP contribution >= 0.6 is 27.5 Å². The summed E-state index contributed by atoms with van der Waals surface area (Å²) in [7, 11) is 0. The summed E-state index contributed by atoms with van der Waals surface area (Å²) >= 11 is 9.54. The minimum absolute atomic E-state index is 0.0612. The van der Waals surface area contributed by atoms with Crippen molar-refractivity contribution >= 4 is 39.2 Å². The van der Waals surface area contributed by atoms with E-state index in [1.807, 2.05) is 18.2 Å². The molecule has 1 aromatic carbocycles. The van der Waals surface area contributed by atoms with E-state index in [-0.39, 0.29) is 12.1 Å². The van der Waals surface area contributed by atoms with Crippen LogP contribution in [0.5, 0.6) is 0 Å². The number of ether oxygens (including phenoxy) is 1. The summed E-state index contributed by atoms with van der Waals surface area (Å²) in [5.41, 5.74) is 0.571. The highest BCUT2D eigenvalue weighted by molar-refractivity contribution is 9.10. The maximum Gasteiger partial charge on any atom is 0.322 e. The first-order valence-electron chi connectivity index (χ1n) is 7.77. The zero-order valence-corrected chi connectivity index (χ0v) is 15.3. The van der Waals surface area contributed by atoms with E-state index >= 15 is 0 Å². The maximum absolute atomic E-state index is 12.7. The molecule has 0 spiro atoms. The third-order valence-electron chi connectivity index (χ3n) is 3.83. The van der Waals surface area contributed by atoms with Crippen molar-refractivity contribution in [1.82, 2.24) is 4.90 Å². The number of nitrogens with one attached hydrogen (secondary N) is 1. The fourth-order valence-electron chi connectivity index (χ4n) is 2.63. The van der Waals surface area contributed by atoms with Crippen molar-refractivity contribution in [3.63, 3.8) is 0 Å². The van der Waals surface area contributed by atoms with Gasteiger partial charge in [0.05, 0.1) is 29.6 Å². The van der Waals surface area contributed by atoms with Crippen LogP contribution in [0.15, 0.2) is 45.5 Å². The van der Waals surface area contributed by atoms with Gasteiger partial charge in [-0.3, -0.25) is 0 Å². The second-order valence-corrected chi connectivity index (χ2v) is 6.97. The highest BCUT2D eigenvalue weighted by Crippen LogP contribution is 2.26. The van der Waals surface area contributed by atoms with E-state index in [2.05, 4.69) is 21.2 Å². The molecule has 1 aliphatic heterocycles. The van der Waals surface area contributed by atoms with Crippen molar-refractivity contribution in [1.29, 1.82) is 0 Å². The largest absolute Gasteiger partial charge is 0.467 e. The van der Waals surface area contributed by atoms with Crippen LogP contribution in [0.2, 0.25) is 5.02 Å². The molecule has 0 saturated carbocycles. The van der Waals surface area contributed by atoms with E-state index in [9.17, 15) is 4.79 Å². The van der Waals surface area contributed by atoms with Gasteiger partial charge in [-0.15, -0.1) is 0 Å². The Morgan fingerprint density at radius 2 is 2.29 bits per heavy atom. The molecule has 3 rings (SSSR count). The van der Waals surface area contributed by atoms with Gasteiger partial charge in [0.25, 0.3) is 0 Å². The number of hydrogen-bond acceptors (Lipinski definition) is 3. The molecule has 5 nitrogen and oxygen atoms in total. The lowest BCUT2D eigenvalue weighted by Crippen LogP contribution is -2.39. The van der Waals surface area contributed by atoms with E-state index in [1.165, 1.54) is 0 Å². The van der Waals surface area contributed by atoms with E-state index in [0.717, 1.165) is 29.7 Å². The quantitative estimate of drug-likeness (QED) is 0.758. The van der Waals surface area contributed by atoms with Crippen LogP contribution in [-0.4, -0.2) is 30.2 Å². The molecule has 2 aromatic rings. The summed E-state index contributed by atoms with van der Waals surface area (Å²) in [6.45, 7) is 1.65. The second kappa shape index (κ2) is 8.05. The number of carbonyl (C=O) groups excluding carboxylic acids is 1. The number of benzene rings is 1. The van der Waals surface area contributed by atoms with Crippen LogP contribution in [0.3, 0.4) is 0 Å². The zero-order chi connectivity index (χ0) is 16.9. The number of amides is 2. The summed E-state index contributed by atoms with van der Waals surface area (Å²) in [5, 5.41) is 3.34. The lowest BCUT2D eigenvalue weighted by Gasteiger charge is -2.25. The molecule has 1 aromatic heterocycles. The maximum atomic E-state index is 12.7. The number of anilines is 1. The van der Waals surface area contributed by atoms with Gasteiger partial charge in [0.1, 0.15) is 5.76 Å². The molecule has 1 N–H and O–H groups in total. The predicted molar refractivity (Wildman–Crippen MR) is 96.3 cm³/mol. The Labute approximate surface area is 154 Å². The summed E-state index contributed by atoms with van der Waals surface area (Å²) in [5.74, 6) is 0.727. The molecule has 7 heteroatoms. The number of rotatable bonds is 5. The van der Waals surface area contributed by atoms with Gasteiger partial charge in [-0.1, -0.05) is 27.5 Å². The van der Waals surface area contributed by atoms with Crippen LogP contribution in [0.4, 0.5) is 10.5 Å². The molecule has 24 heavy (non-hydrogen) atoms. The average molecular weight is 414 g/mol. The van der Waals surface area contributed by atoms with Crippen molar-refractivity contribution in [2.75, 3.05) is 18.5 Å². The molecule has 2 amide bonds. The third-order valence-corrected chi connectivity index (χ3v) is 4.64. The first-order valence-corrected chi connectivity index (χ1v) is 8.94. The molecule has 0 bridgehead atoms. The van der Waals surface area contributed by atoms with E-state index in [4.69, 9.17) is 20.8 Å². The number of urea groups is 1. The Hall–Kier alpha value is -1.50. The fraction of sp³-hybridized carbons (Fsp3) is 0.353. The molecule has 1 atom stereocenters. The molecule has 1 fully saturated rings. The first-order chi connectivity index (χ1) is 11.6. The molecule has 1 unspecified atom stereocenters. The van der Waals surface area contributed by atoms with Gasteiger partial charge < -0.3 is 19.4 Å². The van der Waals surface area contributed by atoms with Gasteiger partial charge in [-0.05, 0) is 43.2 Å².